The minimum atomic E-state index is 0.595. The van der Waals surface area contributed by atoms with Gasteiger partial charge in [0.1, 0.15) is 0 Å². The second kappa shape index (κ2) is 12.3. The predicted molar refractivity (Wildman–Crippen MR) is 230 cm³/mol. The Morgan fingerprint density at radius 3 is 1.36 bits per heavy atom. The molecular formula is C53H33N3. The van der Waals surface area contributed by atoms with E-state index in [0.717, 1.165) is 65.7 Å². The molecular weight excluding hydrogens is 679 g/mol. The van der Waals surface area contributed by atoms with E-state index in [2.05, 4.69) is 124 Å². The summed E-state index contributed by atoms with van der Waals surface area (Å²) in [6.45, 7) is 8.53. The van der Waals surface area contributed by atoms with Gasteiger partial charge in [-0.1, -0.05) is 66.7 Å². The predicted octanol–water partition coefficient (Wildman–Crippen LogP) is 13.8. The standard InChI is InChI=1S/C53H33N3/c1-29-7-5-8-30(2)52(29)41-17-18-42-48-25-49-45(37-15-12-34(27-55)20-32(37)4)22-46-38-16-13-35(28-56)21-43(38)44(36-14-11-33(26-54)19-31(36)3)23-50(46)51(49)24-47(48)40-10-6-9-39(41)53(40)42/h5-25H,1-4H3. The first-order chi connectivity index (χ1) is 27.3. The Kier molecular flexibility index (Phi) is 7.25. The monoisotopic (exact) mass is 711 g/mol. The lowest BCUT2D eigenvalue weighted by Gasteiger charge is -2.19. The van der Waals surface area contributed by atoms with E-state index in [1.54, 1.807) is 0 Å². The largest absolute Gasteiger partial charge is 0.192 e. The molecule has 260 valence electrons. The van der Waals surface area contributed by atoms with E-state index in [1.165, 1.54) is 55.3 Å². The fourth-order valence-electron chi connectivity index (χ4n) is 9.44. The number of rotatable bonds is 3. The summed E-state index contributed by atoms with van der Waals surface area (Å²) < 4.78 is 0. The number of hydrogen-bond donors (Lipinski definition) is 0. The van der Waals surface area contributed by atoms with E-state index in [9.17, 15) is 15.8 Å². The van der Waals surface area contributed by atoms with E-state index in [4.69, 9.17) is 0 Å². The zero-order valence-corrected chi connectivity index (χ0v) is 31.5. The van der Waals surface area contributed by atoms with E-state index in [1.807, 2.05) is 49.4 Å². The quantitative estimate of drug-likeness (QED) is 0.171. The van der Waals surface area contributed by atoms with Crippen molar-refractivity contribution in [2.24, 2.45) is 0 Å². The van der Waals surface area contributed by atoms with Crippen LogP contribution in [0.4, 0.5) is 0 Å². The number of nitrogens with zero attached hydrogens (tertiary/aromatic N) is 3. The molecule has 0 atom stereocenters. The van der Waals surface area contributed by atoms with Crippen molar-refractivity contribution in [2.75, 3.05) is 0 Å². The number of fused-ring (bicyclic) bond motifs is 8. The van der Waals surface area contributed by atoms with Crippen molar-refractivity contribution >= 4 is 43.1 Å². The topological polar surface area (TPSA) is 71.4 Å². The van der Waals surface area contributed by atoms with Crippen LogP contribution in [-0.2, 0) is 0 Å². The highest BCUT2D eigenvalue weighted by molar-refractivity contribution is 6.27. The number of aryl methyl sites for hydroxylation is 4. The Balaban J connectivity index is 1.35. The van der Waals surface area contributed by atoms with Crippen molar-refractivity contribution in [3.63, 3.8) is 0 Å². The van der Waals surface area contributed by atoms with Crippen molar-refractivity contribution in [1.29, 1.82) is 15.8 Å². The zero-order chi connectivity index (χ0) is 38.4. The Morgan fingerprint density at radius 2 is 0.750 bits per heavy atom. The number of benzene rings is 9. The summed E-state index contributed by atoms with van der Waals surface area (Å²) in [7, 11) is 0. The van der Waals surface area contributed by atoms with Gasteiger partial charge in [0.2, 0.25) is 0 Å². The van der Waals surface area contributed by atoms with Crippen LogP contribution < -0.4 is 0 Å². The SMILES string of the molecule is Cc1cc(C#N)ccc1-c1cc2c3cc4c(cc3c(-c3ccc(C#N)cc3C)cc2c2ccc(C#N)cc12)-c1ccc(-c2c(C)cccc2C)c2cccc-4c12. The highest BCUT2D eigenvalue weighted by atomic mass is 14.3. The van der Waals surface area contributed by atoms with Gasteiger partial charge in [-0.15, -0.1) is 0 Å². The van der Waals surface area contributed by atoms with Gasteiger partial charge in [0.25, 0.3) is 0 Å². The molecule has 3 nitrogen and oxygen atoms in total. The second-order valence-electron chi connectivity index (χ2n) is 15.2. The van der Waals surface area contributed by atoms with Crippen LogP contribution in [0.2, 0.25) is 0 Å². The molecule has 3 heteroatoms. The van der Waals surface area contributed by atoms with Gasteiger partial charge < -0.3 is 0 Å². The number of nitriles is 3. The first-order valence-electron chi connectivity index (χ1n) is 18.8. The molecule has 0 N–H and O–H groups in total. The van der Waals surface area contributed by atoms with Gasteiger partial charge in [0, 0.05) is 0 Å². The summed E-state index contributed by atoms with van der Waals surface area (Å²) in [5.74, 6) is 0. The third-order valence-electron chi connectivity index (χ3n) is 12.0. The smallest absolute Gasteiger partial charge is 0.0991 e. The van der Waals surface area contributed by atoms with E-state index in [-0.39, 0.29) is 0 Å². The van der Waals surface area contributed by atoms with Crippen molar-refractivity contribution in [3.05, 3.63) is 166 Å². The van der Waals surface area contributed by atoms with Crippen molar-refractivity contribution in [1.82, 2.24) is 0 Å². The van der Waals surface area contributed by atoms with Crippen LogP contribution >= 0.6 is 0 Å². The molecule has 0 aromatic heterocycles. The molecule has 0 aliphatic heterocycles. The van der Waals surface area contributed by atoms with Crippen LogP contribution in [0, 0.1) is 61.7 Å². The molecule has 0 unspecified atom stereocenters. The van der Waals surface area contributed by atoms with Gasteiger partial charge >= 0.3 is 0 Å². The molecule has 10 rings (SSSR count). The molecule has 0 amide bonds. The summed E-state index contributed by atoms with van der Waals surface area (Å²) in [6.07, 6.45) is 0. The summed E-state index contributed by atoms with van der Waals surface area (Å²) in [5.41, 5.74) is 18.1. The van der Waals surface area contributed by atoms with Crippen LogP contribution in [0.1, 0.15) is 38.9 Å². The average molecular weight is 712 g/mol. The first kappa shape index (κ1) is 33.1. The van der Waals surface area contributed by atoms with Crippen molar-refractivity contribution in [3.8, 4) is 73.8 Å². The Bertz CT molecular complexity index is 3360. The van der Waals surface area contributed by atoms with Gasteiger partial charge in [-0.25, -0.2) is 0 Å². The highest BCUT2D eigenvalue weighted by Crippen LogP contribution is 2.53. The summed E-state index contributed by atoms with van der Waals surface area (Å²) >= 11 is 0. The highest BCUT2D eigenvalue weighted by Gasteiger charge is 2.26. The van der Waals surface area contributed by atoms with Crippen LogP contribution in [0.25, 0.3) is 98.7 Å². The molecule has 0 spiro atoms. The number of hydrogen-bond acceptors (Lipinski definition) is 3. The van der Waals surface area contributed by atoms with Gasteiger partial charge in [-0.05, 0) is 209 Å². The van der Waals surface area contributed by atoms with E-state index >= 15 is 0 Å². The molecule has 0 saturated heterocycles. The molecule has 0 heterocycles. The first-order valence-corrected chi connectivity index (χ1v) is 18.8. The van der Waals surface area contributed by atoms with Crippen LogP contribution in [-0.4, -0.2) is 0 Å². The summed E-state index contributed by atoms with van der Waals surface area (Å²) in [4.78, 5) is 0. The molecule has 0 saturated carbocycles. The fourth-order valence-corrected chi connectivity index (χ4v) is 9.44. The molecule has 9 aromatic carbocycles. The Hall–Kier alpha value is -7.51. The maximum atomic E-state index is 10.0. The molecule has 0 bridgehead atoms. The lowest BCUT2D eigenvalue weighted by molar-refractivity contribution is 1.38. The summed E-state index contributed by atoms with van der Waals surface area (Å²) in [6, 6.07) is 52.0. The normalized spacial score (nSPS) is 11.5. The molecule has 0 radical (unpaired) electrons. The third-order valence-corrected chi connectivity index (χ3v) is 12.0. The molecule has 9 aromatic rings. The zero-order valence-electron chi connectivity index (χ0n) is 31.5. The lowest BCUT2D eigenvalue weighted by atomic mass is 9.84. The van der Waals surface area contributed by atoms with Crippen molar-refractivity contribution in [2.45, 2.75) is 27.7 Å². The summed E-state index contributed by atoms with van der Waals surface area (Å²) in [5, 5.41) is 38.5. The van der Waals surface area contributed by atoms with Gasteiger partial charge in [-0.3, -0.25) is 0 Å². The third kappa shape index (κ3) is 4.74. The van der Waals surface area contributed by atoms with Gasteiger partial charge in [0.15, 0.2) is 0 Å². The van der Waals surface area contributed by atoms with Crippen LogP contribution in [0.15, 0.2) is 127 Å². The fraction of sp³-hybridized carbons (Fsp3) is 0.0755. The molecule has 1 aliphatic carbocycles. The second-order valence-corrected chi connectivity index (χ2v) is 15.2. The minimum absolute atomic E-state index is 0.595. The Morgan fingerprint density at radius 1 is 0.304 bits per heavy atom. The average Bonchev–Trinajstić information content (AvgIpc) is 3.53. The maximum absolute atomic E-state index is 10.0. The van der Waals surface area contributed by atoms with Gasteiger partial charge in [-0.2, -0.15) is 15.8 Å². The maximum Gasteiger partial charge on any atom is 0.0991 e. The van der Waals surface area contributed by atoms with E-state index in [0.29, 0.717) is 16.7 Å². The molecule has 0 fully saturated rings. The molecule has 1 aliphatic rings. The minimum Gasteiger partial charge on any atom is -0.192 e. The van der Waals surface area contributed by atoms with Gasteiger partial charge in [0.05, 0.1) is 34.9 Å². The van der Waals surface area contributed by atoms with Crippen LogP contribution in [0.5, 0.6) is 0 Å². The van der Waals surface area contributed by atoms with Crippen molar-refractivity contribution < 1.29 is 0 Å². The van der Waals surface area contributed by atoms with Crippen LogP contribution in [0.3, 0.4) is 0 Å². The molecule has 56 heavy (non-hydrogen) atoms. The lowest BCUT2D eigenvalue weighted by Crippen LogP contribution is -1.93. The Labute approximate surface area is 325 Å². The van der Waals surface area contributed by atoms with E-state index < -0.39 is 0 Å².